The van der Waals surface area contributed by atoms with Crippen LogP contribution in [0, 0.1) is 5.92 Å². The van der Waals surface area contributed by atoms with Gasteiger partial charge in [-0.3, -0.25) is 14.4 Å². The smallest absolute Gasteiger partial charge is 0.292 e. The molecule has 1 aliphatic heterocycles. The molecule has 148 valence electrons. The number of amides is 2. The second-order valence-electron chi connectivity index (χ2n) is 6.91. The summed E-state index contributed by atoms with van der Waals surface area (Å²) in [7, 11) is 0. The van der Waals surface area contributed by atoms with Crippen molar-refractivity contribution in [3.63, 3.8) is 0 Å². The zero-order valence-electron chi connectivity index (χ0n) is 15.6. The van der Waals surface area contributed by atoms with Crippen LogP contribution in [0.4, 0.5) is 5.69 Å². The van der Waals surface area contributed by atoms with Crippen molar-refractivity contribution in [1.82, 2.24) is 15.1 Å². The van der Waals surface area contributed by atoms with Crippen molar-refractivity contribution in [3.8, 4) is 0 Å². The Balaban J connectivity index is 1.76. The van der Waals surface area contributed by atoms with E-state index in [2.05, 4.69) is 10.4 Å². The van der Waals surface area contributed by atoms with E-state index in [-0.39, 0.29) is 30.0 Å². The van der Waals surface area contributed by atoms with E-state index in [0.717, 1.165) is 10.2 Å². The summed E-state index contributed by atoms with van der Waals surface area (Å²) in [6, 6.07) is 7.17. The topological polar surface area (TPSA) is 84.3 Å². The summed E-state index contributed by atoms with van der Waals surface area (Å²) in [5.41, 5.74) is 0.737. The van der Waals surface area contributed by atoms with Crippen molar-refractivity contribution in [1.29, 1.82) is 0 Å². The lowest BCUT2D eigenvalue weighted by atomic mass is 10.2. The molecular weight excluding hydrogens is 400 g/mol. The third kappa shape index (κ3) is 4.74. The summed E-state index contributed by atoms with van der Waals surface area (Å²) in [5, 5.41) is 7.44. The molecule has 1 aromatic heterocycles. The van der Waals surface area contributed by atoms with Gasteiger partial charge in [0.15, 0.2) is 0 Å². The number of hydrogen-bond acceptors (Lipinski definition) is 5. The van der Waals surface area contributed by atoms with Crippen LogP contribution >= 0.6 is 23.4 Å². The van der Waals surface area contributed by atoms with Gasteiger partial charge in [-0.15, -0.1) is 11.8 Å². The minimum atomic E-state index is -0.434. The highest BCUT2D eigenvalue weighted by Gasteiger charge is 2.29. The maximum Gasteiger partial charge on any atom is 0.292 e. The van der Waals surface area contributed by atoms with Crippen LogP contribution in [-0.2, 0) is 22.7 Å². The molecular formula is C19H21ClN4O3S. The third-order valence-electron chi connectivity index (χ3n) is 4.13. The Kier molecular flexibility index (Phi) is 6.41. The quantitative estimate of drug-likeness (QED) is 0.775. The number of carbonyl (C=O) groups excluding carboxylic acids is 2. The van der Waals surface area contributed by atoms with Gasteiger partial charge in [-0.1, -0.05) is 37.6 Å². The van der Waals surface area contributed by atoms with Crippen LogP contribution in [0.1, 0.15) is 19.4 Å². The lowest BCUT2D eigenvalue weighted by Crippen LogP contribution is -2.44. The summed E-state index contributed by atoms with van der Waals surface area (Å²) in [6.45, 7) is 4.50. The molecule has 0 bridgehead atoms. The lowest BCUT2D eigenvalue weighted by Gasteiger charge is -2.29. The molecule has 0 atom stereocenters. The summed E-state index contributed by atoms with van der Waals surface area (Å²) < 4.78 is 1.10. The number of rotatable bonds is 6. The van der Waals surface area contributed by atoms with Gasteiger partial charge in [-0.05, 0) is 23.6 Å². The highest BCUT2D eigenvalue weighted by atomic mass is 35.5. The Morgan fingerprint density at radius 2 is 2.14 bits per heavy atom. The number of hydrogen-bond donors (Lipinski definition) is 1. The van der Waals surface area contributed by atoms with E-state index < -0.39 is 5.56 Å². The van der Waals surface area contributed by atoms with Gasteiger partial charge in [0, 0.05) is 18.1 Å². The number of benzene rings is 1. The van der Waals surface area contributed by atoms with Crippen molar-refractivity contribution in [2.24, 2.45) is 5.92 Å². The average Bonchev–Trinajstić information content (AvgIpc) is 2.64. The molecule has 1 aromatic carbocycles. The Hall–Kier alpha value is -2.32. The van der Waals surface area contributed by atoms with Crippen LogP contribution in [0.5, 0.6) is 0 Å². The number of fused-ring (bicyclic) bond motifs is 1. The molecule has 2 amide bonds. The number of nitrogens with zero attached hydrogens (tertiary/aromatic N) is 3. The molecule has 0 fully saturated rings. The van der Waals surface area contributed by atoms with Gasteiger partial charge < -0.3 is 10.2 Å². The predicted molar refractivity (Wildman–Crippen MR) is 110 cm³/mol. The fourth-order valence-corrected chi connectivity index (χ4v) is 3.97. The van der Waals surface area contributed by atoms with Crippen molar-refractivity contribution < 1.29 is 9.59 Å². The maximum atomic E-state index is 12.9. The van der Waals surface area contributed by atoms with E-state index in [1.54, 1.807) is 24.4 Å². The van der Waals surface area contributed by atoms with Gasteiger partial charge in [0.2, 0.25) is 11.8 Å². The molecule has 1 N–H and O–H groups in total. The molecule has 2 aromatic rings. The summed E-state index contributed by atoms with van der Waals surface area (Å²) in [5.74, 6) is 0.0402. The molecule has 0 saturated heterocycles. The monoisotopic (exact) mass is 420 g/mol. The average molecular weight is 421 g/mol. The number of aromatic nitrogens is 2. The molecule has 0 unspecified atom stereocenters. The number of anilines is 1. The first-order valence-corrected chi connectivity index (χ1v) is 10.3. The predicted octanol–water partition coefficient (Wildman–Crippen LogP) is 2.31. The minimum Gasteiger partial charge on any atom is -0.350 e. The zero-order chi connectivity index (χ0) is 20.3. The zero-order valence-corrected chi connectivity index (χ0v) is 17.2. The summed E-state index contributed by atoms with van der Waals surface area (Å²) in [4.78, 5) is 39.7. The second kappa shape index (κ2) is 8.79. The first-order valence-electron chi connectivity index (χ1n) is 8.89. The molecule has 3 rings (SSSR count). The van der Waals surface area contributed by atoms with E-state index in [9.17, 15) is 14.4 Å². The molecule has 2 heterocycles. The number of carbonyl (C=O) groups is 2. The Morgan fingerprint density at radius 3 is 2.86 bits per heavy atom. The Morgan fingerprint density at radius 1 is 1.36 bits per heavy atom. The van der Waals surface area contributed by atoms with Crippen LogP contribution < -0.4 is 15.8 Å². The number of halogens is 1. The lowest BCUT2D eigenvalue weighted by molar-refractivity contribution is -0.122. The second-order valence-corrected chi connectivity index (χ2v) is 8.37. The molecule has 0 saturated carbocycles. The fraction of sp³-hybridized carbons (Fsp3) is 0.368. The van der Waals surface area contributed by atoms with Gasteiger partial charge >= 0.3 is 0 Å². The number of nitrogens with one attached hydrogen (secondary N) is 1. The first kappa shape index (κ1) is 20.4. The fourth-order valence-electron chi connectivity index (χ4n) is 2.87. The highest BCUT2D eigenvalue weighted by Crippen LogP contribution is 2.32. The molecule has 0 aliphatic carbocycles. The third-order valence-corrected chi connectivity index (χ3v) is 5.36. The van der Waals surface area contributed by atoms with Gasteiger partial charge in [0.25, 0.3) is 5.56 Å². The molecule has 7 nitrogen and oxygen atoms in total. The first-order chi connectivity index (χ1) is 13.3. The largest absolute Gasteiger partial charge is 0.350 e. The molecule has 9 heteroatoms. The van der Waals surface area contributed by atoms with E-state index in [1.807, 2.05) is 19.9 Å². The van der Waals surface area contributed by atoms with E-state index in [0.29, 0.717) is 28.7 Å². The minimum absolute atomic E-state index is 0.105. The Labute approximate surface area is 172 Å². The van der Waals surface area contributed by atoms with Crippen LogP contribution in [0.25, 0.3) is 0 Å². The number of thioether (sulfide) groups is 1. The molecule has 28 heavy (non-hydrogen) atoms. The summed E-state index contributed by atoms with van der Waals surface area (Å²) in [6.07, 6.45) is 1.55. The molecule has 1 aliphatic rings. The normalized spacial score (nSPS) is 13.6. The van der Waals surface area contributed by atoms with Gasteiger partial charge in [0.1, 0.15) is 12.2 Å². The molecule has 0 spiro atoms. The standard InChI is InChI=1S/C19H21ClN4O3S/c1-12(2)9-23-17(26)11-28-15-8-22-24(19(27)18(15)23)10-16(25)21-7-13-4-3-5-14(20)6-13/h3-6,8,12H,7,9-11H2,1-2H3,(H,21,25). The van der Waals surface area contributed by atoms with Crippen LogP contribution in [0.3, 0.4) is 0 Å². The van der Waals surface area contributed by atoms with E-state index >= 15 is 0 Å². The SMILES string of the molecule is CC(C)CN1C(=O)CSc2cnn(CC(=O)NCc3cccc(Cl)c3)c(=O)c21. The van der Waals surface area contributed by atoms with Crippen molar-refractivity contribution in [3.05, 3.63) is 51.4 Å². The van der Waals surface area contributed by atoms with Crippen molar-refractivity contribution in [2.75, 3.05) is 17.2 Å². The van der Waals surface area contributed by atoms with Crippen LogP contribution in [0.2, 0.25) is 5.02 Å². The van der Waals surface area contributed by atoms with Gasteiger partial charge in [-0.25, -0.2) is 4.68 Å². The Bertz CT molecular complexity index is 960. The van der Waals surface area contributed by atoms with Crippen LogP contribution in [-0.4, -0.2) is 33.9 Å². The van der Waals surface area contributed by atoms with Crippen molar-refractivity contribution >= 4 is 40.9 Å². The highest BCUT2D eigenvalue weighted by molar-refractivity contribution is 8.00. The molecule has 0 radical (unpaired) electrons. The van der Waals surface area contributed by atoms with Gasteiger partial charge in [-0.2, -0.15) is 5.10 Å². The van der Waals surface area contributed by atoms with Crippen LogP contribution in [0.15, 0.2) is 40.2 Å². The maximum absolute atomic E-state index is 12.9. The van der Waals surface area contributed by atoms with E-state index in [1.165, 1.54) is 16.7 Å². The van der Waals surface area contributed by atoms with Crippen molar-refractivity contribution in [2.45, 2.75) is 31.8 Å². The van der Waals surface area contributed by atoms with Gasteiger partial charge in [0.05, 0.1) is 16.8 Å². The summed E-state index contributed by atoms with van der Waals surface area (Å²) >= 11 is 7.24. The van der Waals surface area contributed by atoms with E-state index in [4.69, 9.17) is 11.6 Å².